The van der Waals surface area contributed by atoms with Crippen LogP contribution in [0.4, 0.5) is 0 Å². The average Bonchev–Trinajstić information content (AvgIpc) is 3.13. The lowest BCUT2D eigenvalue weighted by molar-refractivity contribution is 0.402. The van der Waals surface area contributed by atoms with Gasteiger partial charge in [-0.2, -0.15) is 0 Å². The zero-order chi connectivity index (χ0) is 20.4. The van der Waals surface area contributed by atoms with Gasteiger partial charge < -0.3 is 10.1 Å². The molecule has 8 heteroatoms. The molecule has 0 saturated carbocycles. The van der Waals surface area contributed by atoms with Gasteiger partial charge in [0.25, 0.3) is 10.0 Å². The Bertz CT molecular complexity index is 1120. The van der Waals surface area contributed by atoms with Crippen molar-refractivity contribution in [2.24, 2.45) is 0 Å². The van der Waals surface area contributed by atoms with Gasteiger partial charge in [0.15, 0.2) is 0 Å². The summed E-state index contributed by atoms with van der Waals surface area (Å²) in [6.07, 6.45) is 5.77. The van der Waals surface area contributed by atoms with Crippen LogP contribution in [0.25, 0.3) is 11.0 Å². The van der Waals surface area contributed by atoms with E-state index < -0.39 is 10.0 Å². The number of aromatic nitrogens is 2. The van der Waals surface area contributed by atoms with Gasteiger partial charge >= 0.3 is 0 Å². The Labute approximate surface area is 179 Å². The van der Waals surface area contributed by atoms with Crippen LogP contribution in [0.15, 0.2) is 52.1 Å². The number of nitrogens with one attached hydrogen (secondary N) is 1. The Morgan fingerprint density at radius 3 is 2.66 bits per heavy atom. The van der Waals surface area contributed by atoms with E-state index >= 15 is 0 Å². The first-order valence-corrected chi connectivity index (χ1v) is 12.0. The molecule has 2 heterocycles. The minimum atomic E-state index is -3.86. The van der Waals surface area contributed by atoms with Crippen molar-refractivity contribution in [1.29, 1.82) is 0 Å². The van der Waals surface area contributed by atoms with E-state index in [0.29, 0.717) is 21.7 Å². The van der Waals surface area contributed by atoms with E-state index in [4.69, 9.17) is 4.74 Å². The number of fused-ring (bicyclic) bond motifs is 1. The molecule has 4 rings (SSSR count). The van der Waals surface area contributed by atoms with Gasteiger partial charge in [0.1, 0.15) is 17.0 Å². The second kappa shape index (κ2) is 8.45. The summed E-state index contributed by atoms with van der Waals surface area (Å²) >= 11 is 3.36. The summed E-state index contributed by atoms with van der Waals surface area (Å²) < 4.78 is 34.1. The molecule has 1 N–H and O–H groups in total. The molecule has 6 nitrogen and oxygen atoms in total. The van der Waals surface area contributed by atoms with Gasteiger partial charge in [-0.1, -0.05) is 28.1 Å². The molecule has 1 aliphatic rings. The highest BCUT2D eigenvalue weighted by Crippen LogP contribution is 2.34. The fraction of sp³-hybridized carbons (Fsp3) is 0.381. The van der Waals surface area contributed by atoms with E-state index in [1.165, 1.54) is 17.4 Å². The molecule has 0 radical (unpaired) electrons. The smallest absolute Gasteiger partial charge is 0.273 e. The van der Waals surface area contributed by atoms with Gasteiger partial charge in [-0.3, -0.25) is 0 Å². The van der Waals surface area contributed by atoms with Crippen LogP contribution in [0.5, 0.6) is 5.75 Å². The van der Waals surface area contributed by atoms with E-state index in [1.54, 1.807) is 18.2 Å². The molecule has 1 aliphatic heterocycles. The molecule has 0 bridgehead atoms. The summed E-state index contributed by atoms with van der Waals surface area (Å²) in [6.45, 7) is 2.05. The minimum absolute atomic E-state index is 0.108. The Morgan fingerprint density at radius 2 is 1.93 bits per heavy atom. The Hall–Kier alpha value is -1.90. The van der Waals surface area contributed by atoms with Crippen LogP contribution in [0.3, 0.4) is 0 Å². The van der Waals surface area contributed by atoms with Crippen molar-refractivity contribution in [3.63, 3.8) is 0 Å². The quantitative estimate of drug-likeness (QED) is 0.606. The van der Waals surface area contributed by atoms with Crippen LogP contribution in [0, 0.1) is 0 Å². The molecule has 0 spiro atoms. The van der Waals surface area contributed by atoms with Gasteiger partial charge in [0, 0.05) is 4.47 Å². The van der Waals surface area contributed by atoms with Gasteiger partial charge in [-0.05, 0) is 74.5 Å². The number of imidazole rings is 1. The van der Waals surface area contributed by atoms with Crippen molar-refractivity contribution in [3.05, 3.63) is 52.8 Å². The van der Waals surface area contributed by atoms with E-state index in [-0.39, 0.29) is 4.90 Å². The van der Waals surface area contributed by atoms with Gasteiger partial charge in [-0.15, -0.1) is 0 Å². The van der Waals surface area contributed by atoms with E-state index in [2.05, 4.69) is 32.3 Å². The maximum atomic E-state index is 13.4. The molecule has 2 aromatic carbocycles. The molecular formula is C21H24BrN3O3S. The zero-order valence-electron chi connectivity index (χ0n) is 16.3. The van der Waals surface area contributed by atoms with Crippen LogP contribution in [-0.4, -0.2) is 37.6 Å². The normalized spacial score (nSPS) is 16.5. The first-order chi connectivity index (χ1) is 14.0. The standard InChI is InChI=1S/C21H24BrN3O3S/c1-28-19-10-9-16(22)13-20(19)29(26,27)25-14-24-21-17(7-2-8-18(21)25)15-5-3-11-23-12-4-6-15/h2,7-10,13-15,23H,3-6,11-12H2,1H3. The Kier molecular flexibility index (Phi) is 5.94. The lowest BCUT2D eigenvalue weighted by atomic mass is 9.88. The first-order valence-electron chi connectivity index (χ1n) is 9.78. The fourth-order valence-corrected chi connectivity index (χ4v) is 6.03. The Morgan fingerprint density at radius 1 is 1.17 bits per heavy atom. The third-order valence-corrected chi connectivity index (χ3v) is 7.67. The summed E-state index contributed by atoms with van der Waals surface area (Å²) in [4.78, 5) is 4.64. The third-order valence-electron chi connectivity index (χ3n) is 5.49. The van der Waals surface area contributed by atoms with E-state index in [9.17, 15) is 8.42 Å². The molecule has 0 atom stereocenters. The molecule has 3 aromatic rings. The summed E-state index contributed by atoms with van der Waals surface area (Å²) in [5.41, 5.74) is 2.51. The number of methoxy groups -OCH3 is 1. The van der Waals surface area contributed by atoms with Gasteiger partial charge in [0.05, 0.1) is 18.1 Å². The Balaban J connectivity index is 1.81. The van der Waals surface area contributed by atoms with Crippen LogP contribution >= 0.6 is 15.9 Å². The molecule has 0 unspecified atom stereocenters. The fourth-order valence-electron chi connectivity index (χ4n) is 4.05. The predicted octanol–water partition coefficient (Wildman–Crippen LogP) is 4.29. The molecule has 1 saturated heterocycles. The molecule has 154 valence electrons. The number of hydrogen-bond acceptors (Lipinski definition) is 5. The van der Waals surface area contributed by atoms with E-state index in [1.807, 2.05) is 12.1 Å². The highest BCUT2D eigenvalue weighted by molar-refractivity contribution is 9.10. The van der Waals surface area contributed by atoms with Crippen LogP contribution in [-0.2, 0) is 10.0 Å². The van der Waals surface area contributed by atoms with Crippen LogP contribution in [0.2, 0.25) is 0 Å². The molecular weight excluding hydrogens is 454 g/mol. The van der Waals surface area contributed by atoms with Crippen molar-refractivity contribution in [1.82, 2.24) is 14.3 Å². The number of halogens is 1. The molecule has 1 fully saturated rings. The molecule has 29 heavy (non-hydrogen) atoms. The predicted molar refractivity (Wildman–Crippen MR) is 117 cm³/mol. The molecule has 1 aromatic heterocycles. The summed E-state index contributed by atoms with van der Waals surface area (Å²) in [5, 5.41) is 3.44. The third kappa shape index (κ3) is 3.93. The van der Waals surface area contributed by atoms with Crippen molar-refractivity contribution >= 4 is 37.0 Å². The average molecular weight is 478 g/mol. The number of hydrogen-bond donors (Lipinski definition) is 1. The summed E-state index contributed by atoms with van der Waals surface area (Å²) in [5.74, 6) is 0.700. The highest BCUT2D eigenvalue weighted by Gasteiger charge is 2.26. The number of rotatable bonds is 4. The number of benzene rings is 2. The lowest BCUT2D eigenvalue weighted by Gasteiger charge is -2.21. The maximum absolute atomic E-state index is 13.4. The topological polar surface area (TPSA) is 73.2 Å². The molecule has 0 aliphatic carbocycles. The van der Waals surface area contributed by atoms with Gasteiger partial charge in [-0.25, -0.2) is 17.4 Å². The highest BCUT2D eigenvalue weighted by atomic mass is 79.9. The second-order valence-corrected chi connectivity index (χ2v) is 9.99. The number of para-hydroxylation sites is 1. The van der Waals surface area contributed by atoms with Crippen molar-refractivity contribution in [2.75, 3.05) is 20.2 Å². The monoisotopic (exact) mass is 477 g/mol. The zero-order valence-corrected chi connectivity index (χ0v) is 18.7. The first kappa shape index (κ1) is 20.4. The number of nitrogens with zero attached hydrogens (tertiary/aromatic N) is 2. The number of ether oxygens (including phenoxy) is 1. The van der Waals surface area contributed by atoms with Crippen molar-refractivity contribution in [3.8, 4) is 5.75 Å². The van der Waals surface area contributed by atoms with E-state index in [0.717, 1.165) is 49.9 Å². The lowest BCUT2D eigenvalue weighted by Crippen LogP contribution is -2.21. The largest absolute Gasteiger partial charge is 0.495 e. The van der Waals surface area contributed by atoms with Crippen molar-refractivity contribution in [2.45, 2.75) is 36.5 Å². The van der Waals surface area contributed by atoms with Crippen LogP contribution in [0.1, 0.15) is 37.2 Å². The van der Waals surface area contributed by atoms with Crippen molar-refractivity contribution < 1.29 is 13.2 Å². The summed E-state index contributed by atoms with van der Waals surface area (Å²) in [7, 11) is -2.39. The molecule has 0 amide bonds. The maximum Gasteiger partial charge on any atom is 0.273 e. The van der Waals surface area contributed by atoms with Crippen LogP contribution < -0.4 is 10.1 Å². The summed E-state index contributed by atoms with van der Waals surface area (Å²) in [6, 6.07) is 10.8. The second-order valence-electron chi connectivity index (χ2n) is 7.29. The SMILES string of the molecule is COc1ccc(Br)cc1S(=O)(=O)n1cnc2c(C3CCCNCCC3)cccc21. The minimum Gasteiger partial charge on any atom is -0.495 e. The van der Waals surface area contributed by atoms with Gasteiger partial charge in [0.2, 0.25) is 0 Å².